The summed E-state index contributed by atoms with van der Waals surface area (Å²) in [5, 5.41) is 21.2. The molecule has 0 spiro atoms. The van der Waals surface area contributed by atoms with Crippen molar-refractivity contribution in [1.82, 2.24) is 0 Å². The molecular formula is C14H28BaO16S. The first kappa shape index (κ1) is 63.2. The normalized spacial score (nSPS) is 7.25. The molecular weight excluding hydrogens is 594 g/mol. The Morgan fingerprint density at radius 2 is 0.688 bits per heavy atom. The molecule has 0 bridgehead atoms. The van der Waals surface area contributed by atoms with Crippen molar-refractivity contribution < 1.29 is 83.0 Å². The Labute approximate surface area is 221 Å². The molecule has 0 atom stereocenters. The van der Waals surface area contributed by atoms with Crippen LogP contribution < -0.4 is 10.2 Å². The number of hydrogen-bond acceptors (Lipinski definition) is 6. The maximum Gasteiger partial charge on any atom is 2.00 e. The SMILES string of the molecule is O.O.O.O.O.O.O.O.O.O.O=C([O-])c1ccc(S(=O)(=O)c2ccc(C(=O)[O-])cc2)cc1.[Ba+2]. The molecule has 32 heavy (non-hydrogen) atoms. The van der Waals surface area contributed by atoms with E-state index < -0.39 is 21.8 Å². The minimum Gasteiger partial charge on any atom is -0.545 e. The Morgan fingerprint density at radius 1 is 0.500 bits per heavy atom. The van der Waals surface area contributed by atoms with E-state index in [-0.39, 0.29) is 125 Å². The van der Waals surface area contributed by atoms with E-state index in [9.17, 15) is 28.2 Å². The van der Waals surface area contributed by atoms with Gasteiger partial charge in [-0.25, -0.2) is 8.42 Å². The quantitative estimate of drug-likeness (QED) is 0.298. The van der Waals surface area contributed by atoms with Crippen LogP contribution in [-0.4, -0.2) is 124 Å². The summed E-state index contributed by atoms with van der Waals surface area (Å²) in [4.78, 5) is 21.0. The van der Waals surface area contributed by atoms with Crippen molar-refractivity contribution in [2.24, 2.45) is 0 Å². The first-order valence-electron chi connectivity index (χ1n) is 5.70. The first-order chi connectivity index (χ1) is 9.82. The molecule has 0 aliphatic rings. The van der Waals surface area contributed by atoms with Gasteiger partial charge in [-0.3, -0.25) is 0 Å². The van der Waals surface area contributed by atoms with Gasteiger partial charge in [-0.1, -0.05) is 24.3 Å². The van der Waals surface area contributed by atoms with Crippen molar-refractivity contribution in [2.45, 2.75) is 9.79 Å². The van der Waals surface area contributed by atoms with Gasteiger partial charge in [0.2, 0.25) is 9.84 Å². The Bertz CT molecular complexity index is 744. The Kier molecular flexibility index (Phi) is 50.8. The summed E-state index contributed by atoms with van der Waals surface area (Å²) in [6, 6.07) is 9.07. The number of hydrogen-bond donors (Lipinski definition) is 0. The average molecular weight is 622 g/mol. The fourth-order valence-electron chi connectivity index (χ4n) is 1.68. The van der Waals surface area contributed by atoms with Crippen LogP contribution in [0.25, 0.3) is 0 Å². The van der Waals surface area contributed by atoms with Crippen LogP contribution >= 0.6 is 0 Å². The standard InChI is InChI=1S/C14H10O6S.Ba.10H2O/c15-13(16)9-1-5-11(6-2-9)21(19,20)12-7-3-10(4-8-12)14(17)18;;;;;;;;;;;/h1-8H,(H,15,16)(H,17,18);;10*1H2/q;+2;;;;;;;;;;/p-2. The summed E-state index contributed by atoms with van der Waals surface area (Å²) >= 11 is 0. The summed E-state index contributed by atoms with van der Waals surface area (Å²) in [6.45, 7) is 0. The molecule has 0 saturated carbocycles. The van der Waals surface area contributed by atoms with Gasteiger partial charge < -0.3 is 74.6 Å². The van der Waals surface area contributed by atoms with Crippen LogP contribution in [0.2, 0.25) is 0 Å². The van der Waals surface area contributed by atoms with Crippen molar-refractivity contribution in [3.63, 3.8) is 0 Å². The Balaban J connectivity index is -0.0000000550. The third-order valence-corrected chi connectivity index (χ3v) is 4.59. The van der Waals surface area contributed by atoms with E-state index >= 15 is 0 Å². The summed E-state index contributed by atoms with van der Waals surface area (Å²) in [6.07, 6.45) is 0. The van der Waals surface area contributed by atoms with E-state index in [1.807, 2.05) is 0 Å². The van der Waals surface area contributed by atoms with E-state index in [1.165, 1.54) is 0 Å². The van der Waals surface area contributed by atoms with Gasteiger partial charge in [-0.15, -0.1) is 0 Å². The van der Waals surface area contributed by atoms with Gasteiger partial charge in [-0.05, 0) is 35.4 Å². The molecule has 0 fully saturated rings. The molecule has 0 saturated heterocycles. The summed E-state index contributed by atoms with van der Waals surface area (Å²) < 4.78 is 24.5. The van der Waals surface area contributed by atoms with Crippen molar-refractivity contribution >= 4 is 70.7 Å². The van der Waals surface area contributed by atoms with Crippen molar-refractivity contribution in [3.8, 4) is 0 Å². The largest absolute Gasteiger partial charge is 2.00 e. The minimum atomic E-state index is -3.85. The maximum atomic E-state index is 12.3. The second kappa shape index (κ2) is 25.8. The summed E-state index contributed by atoms with van der Waals surface area (Å²) in [5.41, 5.74) is -0.275. The molecule has 18 heteroatoms. The van der Waals surface area contributed by atoms with E-state index in [1.54, 1.807) is 0 Å². The van der Waals surface area contributed by atoms with Gasteiger partial charge in [0.15, 0.2) is 0 Å². The third kappa shape index (κ3) is 14.5. The van der Waals surface area contributed by atoms with Crippen LogP contribution in [0.3, 0.4) is 0 Å². The monoisotopic (exact) mass is 622 g/mol. The Morgan fingerprint density at radius 3 is 0.844 bits per heavy atom. The molecule has 0 aliphatic carbocycles. The zero-order chi connectivity index (χ0) is 15.6. The van der Waals surface area contributed by atoms with Gasteiger partial charge in [0.05, 0.1) is 21.7 Å². The Hall–Kier alpha value is -1.50. The van der Waals surface area contributed by atoms with E-state index in [0.29, 0.717) is 0 Å². The predicted octanol–water partition coefficient (Wildman–Crippen LogP) is -9.38. The molecule has 0 amide bonds. The molecule has 2 aromatic rings. The zero-order valence-electron chi connectivity index (χ0n) is 16.2. The number of sulfone groups is 1. The van der Waals surface area contributed by atoms with E-state index in [0.717, 1.165) is 48.5 Å². The predicted molar refractivity (Wildman–Crippen MR) is 109 cm³/mol. The van der Waals surface area contributed by atoms with Crippen LogP contribution in [0, 0.1) is 0 Å². The number of carbonyl (C=O) groups is 2. The number of carboxylic acid groups (broad SMARTS) is 2. The molecule has 0 radical (unpaired) electrons. The average Bonchev–Trinajstić information content (AvgIpc) is 2.47. The first-order valence-corrected chi connectivity index (χ1v) is 7.18. The molecule has 16 nitrogen and oxygen atoms in total. The summed E-state index contributed by atoms with van der Waals surface area (Å²) in [7, 11) is -3.85. The van der Waals surface area contributed by atoms with Crippen molar-refractivity contribution in [1.29, 1.82) is 0 Å². The van der Waals surface area contributed by atoms with E-state index in [4.69, 9.17) is 0 Å². The number of benzene rings is 2. The molecule has 2 aromatic carbocycles. The van der Waals surface area contributed by atoms with Gasteiger partial charge >= 0.3 is 48.9 Å². The van der Waals surface area contributed by atoms with Gasteiger partial charge in [0, 0.05) is 0 Å². The number of carboxylic acids is 2. The molecule has 188 valence electrons. The van der Waals surface area contributed by atoms with Crippen LogP contribution in [-0.2, 0) is 9.84 Å². The second-order valence-electron chi connectivity index (χ2n) is 4.13. The molecule has 0 aliphatic heterocycles. The van der Waals surface area contributed by atoms with Gasteiger partial charge in [-0.2, -0.15) is 0 Å². The fourth-order valence-corrected chi connectivity index (χ4v) is 2.94. The smallest absolute Gasteiger partial charge is 0.545 e. The maximum absolute atomic E-state index is 12.3. The number of aromatic carboxylic acids is 2. The molecule has 0 aromatic heterocycles. The van der Waals surface area contributed by atoms with Gasteiger partial charge in [0.25, 0.3) is 0 Å². The van der Waals surface area contributed by atoms with E-state index in [2.05, 4.69) is 0 Å². The molecule has 2 rings (SSSR count). The van der Waals surface area contributed by atoms with Crippen LogP contribution in [0.15, 0.2) is 58.3 Å². The van der Waals surface area contributed by atoms with Crippen LogP contribution in [0.5, 0.6) is 0 Å². The topological polar surface area (TPSA) is 429 Å². The van der Waals surface area contributed by atoms with Gasteiger partial charge in [0.1, 0.15) is 0 Å². The zero-order valence-corrected chi connectivity index (χ0v) is 21.4. The fraction of sp³-hybridized carbons (Fsp3) is 0. The second-order valence-corrected chi connectivity index (χ2v) is 6.08. The van der Waals surface area contributed by atoms with Crippen LogP contribution in [0.1, 0.15) is 20.7 Å². The number of rotatable bonds is 4. The van der Waals surface area contributed by atoms with Crippen molar-refractivity contribution in [2.75, 3.05) is 0 Å². The molecule has 0 heterocycles. The number of carbonyl (C=O) groups excluding carboxylic acids is 2. The third-order valence-electron chi connectivity index (χ3n) is 2.80. The molecule has 0 unspecified atom stereocenters. The minimum absolute atomic E-state index is 0. The molecule has 20 N–H and O–H groups in total. The van der Waals surface area contributed by atoms with Crippen molar-refractivity contribution in [3.05, 3.63) is 59.7 Å². The van der Waals surface area contributed by atoms with Crippen LogP contribution in [0.4, 0.5) is 0 Å². The summed E-state index contributed by atoms with van der Waals surface area (Å²) in [5.74, 6) is -2.81.